The Hall–Kier alpha value is -2.32. The molecule has 0 aliphatic rings. The fourth-order valence-electron chi connectivity index (χ4n) is 1.19. The minimum Gasteiger partial charge on any atom is -0.462 e. The number of pyridine rings is 1. The lowest BCUT2D eigenvalue weighted by molar-refractivity contribution is -0.388. The van der Waals surface area contributed by atoms with Crippen LogP contribution < -0.4 is 5.73 Å². The van der Waals surface area contributed by atoms with Crippen LogP contribution in [0.1, 0.15) is 29.4 Å². The highest BCUT2D eigenvalue weighted by Gasteiger charge is 2.28. The Kier molecular flexibility index (Phi) is 4.08. The number of nitro groups is 1. The largest absolute Gasteiger partial charge is 0.462 e. The molecule has 0 aliphatic heterocycles. The maximum atomic E-state index is 12.5. The number of nitrogen functional groups attached to an aromatic ring is 1. The fourth-order valence-corrected chi connectivity index (χ4v) is 1.19. The highest BCUT2D eigenvalue weighted by molar-refractivity contribution is 5.97. The SMILES string of the molecule is CCOC(=O)c1cc(C(F)F)nc([N+](=O)[O-])c1N. The maximum Gasteiger partial charge on any atom is 0.388 e. The molecule has 1 aromatic heterocycles. The lowest BCUT2D eigenvalue weighted by Gasteiger charge is -2.06. The van der Waals surface area contributed by atoms with Gasteiger partial charge in [-0.25, -0.2) is 13.6 Å². The van der Waals surface area contributed by atoms with Crippen molar-refractivity contribution in [1.82, 2.24) is 4.98 Å². The molecule has 0 aromatic carbocycles. The summed E-state index contributed by atoms with van der Waals surface area (Å²) in [5, 5.41) is 10.6. The molecule has 0 atom stereocenters. The molecule has 0 bridgehead atoms. The zero-order chi connectivity index (χ0) is 13.9. The van der Waals surface area contributed by atoms with E-state index in [-0.39, 0.29) is 6.61 Å². The van der Waals surface area contributed by atoms with E-state index in [9.17, 15) is 23.7 Å². The van der Waals surface area contributed by atoms with Gasteiger partial charge in [0.15, 0.2) is 0 Å². The number of aromatic nitrogens is 1. The van der Waals surface area contributed by atoms with E-state index in [2.05, 4.69) is 9.72 Å². The third kappa shape index (κ3) is 2.67. The third-order valence-electron chi connectivity index (χ3n) is 1.95. The first-order chi connectivity index (χ1) is 8.38. The molecule has 0 fully saturated rings. The van der Waals surface area contributed by atoms with Crippen LogP contribution >= 0.6 is 0 Å². The number of hydrogen-bond acceptors (Lipinski definition) is 6. The van der Waals surface area contributed by atoms with E-state index in [1.54, 1.807) is 0 Å². The second kappa shape index (κ2) is 5.34. The Morgan fingerprint density at radius 3 is 2.72 bits per heavy atom. The molecular weight excluding hydrogens is 252 g/mol. The summed E-state index contributed by atoms with van der Waals surface area (Å²) in [5.74, 6) is -2.00. The highest BCUT2D eigenvalue weighted by atomic mass is 19.3. The average Bonchev–Trinajstić information content (AvgIpc) is 2.28. The molecule has 1 rings (SSSR count). The summed E-state index contributed by atoms with van der Waals surface area (Å²) < 4.78 is 29.6. The summed E-state index contributed by atoms with van der Waals surface area (Å²) in [5.41, 5.74) is 3.34. The molecule has 18 heavy (non-hydrogen) atoms. The van der Waals surface area contributed by atoms with Crippen LogP contribution in [-0.4, -0.2) is 22.5 Å². The van der Waals surface area contributed by atoms with Crippen molar-refractivity contribution in [3.63, 3.8) is 0 Å². The first kappa shape index (κ1) is 13.7. The first-order valence-electron chi connectivity index (χ1n) is 4.78. The van der Waals surface area contributed by atoms with Gasteiger partial charge in [-0.2, -0.15) is 0 Å². The van der Waals surface area contributed by atoms with Gasteiger partial charge in [-0.15, -0.1) is 0 Å². The van der Waals surface area contributed by atoms with Crippen molar-refractivity contribution in [3.05, 3.63) is 27.4 Å². The van der Waals surface area contributed by atoms with Crippen molar-refractivity contribution in [2.24, 2.45) is 0 Å². The van der Waals surface area contributed by atoms with Crippen LogP contribution in [0.15, 0.2) is 6.07 Å². The van der Waals surface area contributed by atoms with Gasteiger partial charge in [-0.05, 0) is 16.8 Å². The third-order valence-corrected chi connectivity index (χ3v) is 1.95. The summed E-state index contributed by atoms with van der Waals surface area (Å²) in [6.07, 6.45) is -3.06. The van der Waals surface area contributed by atoms with Crippen molar-refractivity contribution >= 4 is 17.5 Å². The number of nitrogens with zero attached hydrogens (tertiary/aromatic N) is 2. The molecule has 0 aliphatic carbocycles. The minimum absolute atomic E-state index is 0.0155. The van der Waals surface area contributed by atoms with E-state index in [0.717, 1.165) is 0 Å². The lowest BCUT2D eigenvalue weighted by Crippen LogP contribution is -2.12. The number of carbonyl (C=O) groups is 1. The van der Waals surface area contributed by atoms with Gasteiger partial charge in [0.2, 0.25) is 5.69 Å². The van der Waals surface area contributed by atoms with Gasteiger partial charge in [0, 0.05) is 6.07 Å². The van der Waals surface area contributed by atoms with Gasteiger partial charge in [0.25, 0.3) is 0 Å². The van der Waals surface area contributed by atoms with E-state index in [4.69, 9.17) is 5.73 Å². The van der Waals surface area contributed by atoms with Gasteiger partial charge in [-0.1, -0.05) is 0 Å². The predicted octanol–water partition coefficient (Wildman–Crippen LogP) is 1.69. The Morgan fingerprint density at radius 1 is 1.67 bits per heavy atom. The van der Waals surface area contributed by atoms with E-state index >= 15 is 0 Å². The summed E-state index contributed by atoms with van der Waals surface area (Å²) >= 11 is 0. The second-order valence-electron chi connectivity index (χ2n) is 3.11. The van der Waals surface area contributed by atoms with Crippen LogP contribution in [0.3, 0.4) is 0 Å². The van der Waals surface area contributed by atoms with E-state index < -0.39 is 40.1 Å². The number of ether oxygens (including phenoxy) is 1. The predicted molar refractivity (Wildman–Crippen MR) is 56.2 cm³/mol. The number of rotatable bonds is 4. The zero-order valence-corrected chi connectivity index (χ0v) is 9.22. The van der Waals surface area contributed by atoms with Crippen molar-refractivity contribution in [3.8, 4) is 0 Å². The minimum atomic E-state index is -3.06. The molecule has 1 aromatic rings. The second-order valence-corrected chi connectivity index (χ2v) is 3.11. The van der Waals surface area contributed by atoms with Crippen LogP contribution in [0.4, 0.5) is 20.3 Å². The molecule has 2 N–H and O–H groups in total. The van der Waals surface area contributed by atoms with Crippen LogP contribution in [0, 0.1) is 10.1 Å². The molecule has 0 saturated carbocycles. The van der Waals surface area contributed by atoms with Crippen molar-refractivity contribution in [1.29, 1.82) is 0 Å². The fraction of sp³-hybridized carbons (Fsp3) is 0.333. The molecule has 9 heteroatoms. The lowest BCUT2D eigenvalue weighted by atomic mass is 10.2. The van der Waals surface area contributed by atoms with Crippen LogP contribution in [0.5, 0.6) is 0 Å². The van der Waals surface area contributed by atoms with Gasteiger partial charge >= 0.3 is 18.2 Å². The number of carbonyl (C=O) groups excluding carboxylic acids is 1. The van der Waals surface area contributed by atoms with Crippen molar-refractivity contribution in [2.45, 2.75) is 13.3 Å². The standard InChI is InChI=1S/C9H9F2N3O4/c1-2-18-9(15)4-3-5(7(10)11)13-8(6(4)12)14(16)17/h3,7H,2,12H2,1H3. The van der Waals surface area contributed by atoms with Gasteiger partial charge in [0.1, 0.15) is 5.69 Å². The number of hydrogen-bond donors (Lipinski definition) is 1. The average molecular weight is 261 g/mol. The molecule has 0 unspecified atom stereocenters. The zero-order valence-electron chi connectivity index (χ0n) is 9.22. The molecule has 0 amide bonds. The number of halogens is 2. The molecule has 98 valence electrons. The Labute approximate surface area is 99.7 Å². The monoisotopic (exact) mass is 261 g/mol. The molecule has 0 spiro atoms. The van der Waals surface area contributed by atoms with Gasteiger partial charge in [0.05, 0.1) is 12.2 Å². The Bertz CT molecular complexity index is 493. The highest BCUT2D eigenvalue weighted by Crippen LogP contribution is 2.28. The van der Waals surface area contributed by atoms with E-state index in [1.807, 2.05) is 0 Å². The molecule has 0 saturated heterocycles. The number of anilines is 1. The van der Waals surface area contributed by atoms with Gasteiger partial charge < -0.3 is 20.6 Å². The first-order valence-corrected chi connectivity index (χ1v) is 4.78. The molecule has 1 heterocycles. The quantitative estimate of drug-likeness (QED) is 0.501. The topological polar surface area (TPSA) is 108 Å². The number of esters is 1. The van der Waals surface area contributed by atoms with E-state index in [1.165, 1.54) is 6.92 Å². The normalized spacial score (nSPS) is 10.4. The summed E-state index contributed by atoms with van der Waals surface area (Å²) in [7, 11) is 0. The Morgan fingerprint density at radius 2 is 2.28 bits per heavy atom. The summed E-state index contributed by atoms with van der Waals surface area (Å²) in [4.78, 5) is 24.1. The smallest absolute Gasteiger partial charge is 0.388 e. The van der Waals surface area contributed by atoms with Crippen LogP contribution in [0.25, 0.3) is 0 Å². The van der Waals surface area contributed by atoms with Crippen LogP contribution in [-0.2, 0) is 4.74 Å². The van der Waals surface area contributed by atoms with Crippen LogP contribution in [0.2, 0.25) is 0 Å². The Balaban J connectivity index is 3.40. The van der Waals surface area contributed by atoms with Gasteiger partial charge in [-0.3, -0.25) is 0 Å². The molecule has 7 nitrogen and oxygen atoms in total. The molecule has 0 radical (unpaired) electrons. The van der Waals surface area contributed by atoms with Crippen molar-refractivity contribution in [2.75, 3.05) is 12.3 Å². The van der Waals surface area contributed by atoms with Crippen molar-refractivity contribution < 1.29 is 23.2 Å². The maximum absolute atomic E-state index is 12.5. The number of nitrogens with two attached hydrogens (primary N) is 1. The number of alkyl halides is 2. The summed E-state index contributed by atoms with van der Waals surface area (Å²) in [6.45, 7) is 1.48. The van der Waals surface area contributed by atoms with E-state index in [0.29, 0.717) is 6.07 Å². The summed E-state index contributed by atoms with van der Waals surface area (Å²) in [6, 6.07) is 0.686. The molecular formula is C9H9F2N3O4.